The summed E-state index contributed by atoms with van der Waals surface area (Å²) in [6, 6.07) is 0.310. The zero-order valence-corrected chi connectivity index (χ0v) is 13.9. The highest BCUT2D eigenvalue weighted by Crippen LogP contribution is 2.27. The lowest BCUT2D eigenvalue weighted by molar-refractivity contribution is -0.129. The van der Waals surface area contributed by atoms with Gasteiger partial charge in [0.2, 0.25) is 0 Å². The van der Waals surface area contributed by atoms with E-state index in [-0.39, 0.29) is 11.5 Å². The number of hydrogen-bond acceptors (Lipinski definition) is 2. The molecule has 0 bridgehead atoms. The molecule has 0 aliphatic rings. The summed E-state index contributed by atoms with van der Waals surface area (Å²) in [5, 5.41) is 3.57. The first-order valence-electron chi connectivity index (χ1n) is 7.93. The van der Waals surface area contributed by atoms with Crippen LogP contribution < -0.4 is 5.32 Å². The predicted octanol–water partition coefficient (Wildman–Crippen LogP) is 4.66. The normalized spacial score (nSPS) is 11.9. The van der Waals surface area contributed by atoms with Crippen molar-refractivity contribution in [1.82, 2.24) is 5.32 Å². The summed E-state index contributed by atoms with van der Waals surface area (Å²) in [7, 11) is 0. The molecule has 0 amide bonds. The molecule has 20 heavy (non-hydrogen) atoms. The molecule has 0 aliphatic carbocycles. The van der Waals surface area contributed by atoms with Gasteiger partial charge in [0.15, 0.2) is 5.78 Å². The first-order chi connectivity index (χ1) is 9.39. The van der Waals surface area contributed by atoms with Gasteiger partial charge in [-0.15, -0.1) is 13.2 Å². The maximum Gasteiger partial charge on any atom is 0.155 e. The second kappa shape index (κ2) is 9.93. The number of nitrogens with one attached hydrogen (secondary N) is 1. The van der Waals surface area contributed by atoms with Crippen molar-refractivity contribution in [3.8, 4) is 0 Å². The number of carbonyl (C=O) groups is 1. The van der Waals surface area contributed by atoms with Crippen molar-refractivity contribution < 1.29 is 4.79 Å². The summed E-state index contributed by atoms with van der Waals surface area (Å²) in [5.74, 6) is 0.410. The third-order valence-corrected chi connectivity index (χ3v) is 3.58. The Morgan fingerprint density at radius 2 is 1.50 bits per heavy atom. The van der Waals surface area contributed by atoms with E-state index in [9.17, 15) is 4.79 Å². The minimum atomic E-state index is -0.381. The van der Waals surface area contributed by atoms with Gasteiger partial charge in [-0.05, 0) is 52.4 Å². The smallest absolute Gasteiger partial charge is 0.155 e. The molecule has 0 heterocycles. The van der Waals surface area contributed by atoms with Crippen LogP contribution in [0.1, 0.15) is 66.2 Å². The molecule has 0 spiro atoms. The fraction of sp³-hybridized carbons (Fsp3) is 0.722. The third kappa shape index (κ3) is 6.51. The second-order valence-corrected chi connectivity index (χ2v) is 6.26. The molecule has 0 saturated heterocycles. The first kappa shape index (κ1) is 19.1. The van der Waals surface area contributed by atoms with Crippen molar-refractivity contribution in [1.29, 1.82) is 0 Å². The minimum absolute atomic E-state index is 0.0636. The molecule has 0 rings (SSSR count). The molecule has 0 aliphatic heterocycles. The molecule has 0 aromatic heterocycles. The maximum absolute atomic E-state index is 12.8. The zero-order chi connectivity index (χ0) is 15.6. The molecular weight excluding hydrogens is 246 g/mol. The average Bonchev–Trinajstić information content (AvgIpc) is 2.37. The Kier molecular flexibility index (Phi) is 9.49. The van der Waals surface area contributed by atoms with Gasteiger partial charge in [0.05, 0.1) is 5.54 Å². The van der Waals surface area contributed by atoms with Crippen LogP contribution in [-0.4, -0.2) is 17.4 Å². The van der Waals surface area contributed by atoms with Gasteiger partial charge in [0.1, 0.15) is 0 Å². The van der Waals surface area contributed by atoms with E-state index in [4.69, 9.17) is 0 Å². The zero-order valence-electron chi connectivity index (χ0n) is 13.9. The lowest BCUT2D eigenvalue weighted by Gasteiger charge is -2.37. The monoisotopic (exact) mass is 279 g/mol. The number of allylic oxidation sites excluding steroid dienone is 2. The fourth-order valence-electron chi connectivity index (χ4n) is 2.79. The van der Waals surface area contributed by atoms with Gasteiger partial charge < -0.3 is 5.32 Å². The van der Waals surface area contributed by atoms with Gasteiger partial charge in [0, 0.05) is 12.0 Å². The van der Waals surface area contributed by atoms with Crippen molar-refractivity contribution in [2.45, 2.75) is 77.8 Å². The first-order valence-corrected chi connectivity index (χ1v) is 7.93. The molecule has 0 aromatic rings. The van der Waals surface area contributed by atoms with E-state index in [1.165, 1.54) is 0 Å². The quantitative estimate of drug-likeness (QED) is 0.416. The average molecular weight is 279 g/mol. The largest absolute Gasteiger partial charge is 0.303 e. The summed E-state index contributed by atoms with van der Waals surface area (Å²) in [6.45, 7) is 15.8. The molecule has 0 fully saturated rings. The number of ketones is 1. The standard InChI is InChI=1S/C18H33NO/c1-7-9-11-13-18(19-16(5)6,14-12-10-8-2)17(20)15(3)4/h7-8,15-16,19H,1-2,9-14H2,3-6H3. The predicted molar refractivity (Wildman–Crippen MR) is 88.9 cm³/mol. The van der Waals surface area contributed by atoms with Gasteiger partial charge in [-0.1, -0.05) is 26.0 Å². The molecule has 0 radical (unpaired) electrons. The van der Waals surface area contributed by atoms with Crippen molar-refractivity contribution >= 4 is 5.78 Å². The summed E-state index contributed by atoms with van der Waals surface area (Å²) < 4.78 is 0. The molecule has 0 aromatic carbocycles. The Morgan fingerprint density at radius 3 is 1.80 bits per heavy atom. The molecule has 0 atom stereocenters. The highest BCUT2D eigenvalue weighted by Gasteiger charge is 2.38. The van der Waals surface area contributed by atoms with Crippen LogP contribution >= 0.6 is 0 Å². The van der Waals surface area contributed by atoms with Gasteiger partial charge in [0.25, 0.3) is 0 Å². The van der Waals surface area contributed by atoms with E-state index in [2.05, 4.69) is 32.3 Å². The van der Waals surface area contributed by atoms with E-state index in [1.54, 1.807) is 0 Å². The summed E-state index contributed by atoms with van der Waals surface area (Å²) in [5.41, 5.74) is -0.381. The van der Waals surface area contributed by atoms with Crippen molar-refractivity contribution in [3.63, 3.8) is 0 Å². The van der Waals surface area contributed by atoms with Crippen molar-refractivity contribution in [3.05, 3.63) is 25.3 Å². The highest BCUT2D eigenvalue weighted by atomic mass is 16.1. The highest BCUT2D eigenvalue weighted by molar-refractivity contribution is 5.90. The van der Waals surface area contributed by atoms with Crippen LogP contribution in [0.2, 0.25) is 0 Å². The molecule has 1 N–H and O–H groups in total. The summed E-state index contributed by atoms with van der Waals surface area (Å²) in [6.07, 6.45) is 9.61. The van der Waals surface area contributed by atoms with Crippen molar-refractivity contribution in [2.24, 2.45) is 5.92 Å². The van der Waals surface area contributed by atoms with Crippen LogP contribution in [0.3, 0.4) is 0 Å². The second-order valence-electron chi connectivity index (χ2n) is 6.26. The van der Waals surface area contributed by atoms with Gasteiger partial charge in [-0.25, -0.2) is 0 Å². The van der Waals surface area contributed by atoms with E-state index < -0.39 is 0 Å². The minimum Gasteiger partial charge on any atom is -0.303 e. The molecular formula is C18H33NO. The Labute approximate surface area is 125 Å². The van der Waals surface area contributed by atoms with Gasteiger partial charge in [-0.2, -0.15) is 0 Å². The topological polar surface area (TPSA) is 29.1 Å². The van der Waals surface area contributed by atoms with Crippen LogP contribution in [-0.2, 0) is 4.79 Å². The summed E-state index contributed by atoms with van der Waals surface area (Å²) >= 11 is 0. The van der Waals surface area contributed by atoms with E-state index in [0.717, 1.165) is 38.5 Å². The van der Waals surface area contributed by atoms with E-state index in [0.29, 0.717) is 11.8 Å². The Morgan fingerprint density at radius 1 is 1.05 bits per heavy atom. The third-order valence-electron chi connectivity index (χ3n) is 3.58. The number of Topliss-reactive ketones (excluding diaryl/α,β-unsaturated/α-hetero) is 1. The lowest BCUT2D eigenvalue weighted by Crippen LogP contribution is -2.56. The van der Waals surface area contributed by atoms with Crippen LogP contribution in [0.25, 0.3) is 0 Å². The fourth-order valence-corrected chi connectivity index (χ4v) is 2.79. The van der Waals surface area contributed by atoms with Crippen LogP contribution in [0.4, 0.5) is 0 Å². The Bertz CT molecular complexity index is 291. The Hall–Kier alpha value is -0.890. The van der Waals surface area contributed by atoms with Gasteiger partial charge >= 0.3 is 0 Å². The number of hydrogen-bond donors (Lipinski definition) is 1. The van der Waals surface area contributed by atoms with Crippen LogP contribution in [0, 0.1) is 5.92 Å². The molecule has 0 unspecified atom stereocenters. The number of carbonyl (C=O) groups excluding carboxylic acids is 1. The summed E-state index contributed by atoms with van der Waals surface area (Å²) in [4.78, 5) is 12.8. The van der Waals surface area contributed by atoms with Crippen LogP contribution in [0.15, 0.2) is 25.3 Å². The maximum atomic E-state index is 12.8. The van der Waals surface area contributed by atoms with Crippen molar-refractivity contribution in [2.75, 3.05) is 0 Å². The van der Waals surface area contributed by atoms with Crippen LogP contribution in [0.5, 0.6) is 0 Å². The molecule has 0 saturated carbocycles. The Balaban J connectivity index is 5.08. The molecule has 2 nitrogen and oxygen atoms in total. The number of unbranched alkanes of at least 4 members (excludes halogenated alkanes) is 2. The van der Waals surface area contributed by atoms with Gasteiger partial charge in [-0.3, -0.25) is 4.79 Å². The molecule has 2 heteroatoms. The SMILES string of the molecule is C=CCCCC(CCCC=C)(NC(C)C)C(=O)C(C)C. The van der Waals surface area contributed by atoms with E-state index in [1.807, 2.05) is 26.0 Å². The lowest BCUT2D eigenvalue weighted by atomic mass is 9.78. The number of rotatable bonds is 12. The molecule has 116 valence electrons. The van der Waals surface area contributed by atoms with E-state index >= 15 is 0 Å².